The smallest absolute Gasteiger partial charge is 0.226 e. The largest absolute Gasteiger partial charge is 0.349 e. The lowest BCUT2D eigenvalue weighted by atomic mass is 10.1. The van der Waals surface area contributed by atoms with E-state index < -0.39 is 0 Å². The Morgan fingerprint density at radius 1 is 1.25 bits per heavy atom. The van der Waals surface area contributed by atoms with Crippen LogP contribution in [0.25, 0.3) is 9.88 Å². The lowest BCUT2D eigenvalue weighted by Crippen LogP contribution is -2.28. The summed E-state index contributed by atoms with van der Waals surface area (Å²) in [7, 11) is 0. The van der Waals surface area contributed by atoms with Crippen LogP contribution in [0.5, 0.6) is 0 Å². The number of rotatable bonds is 5. The monoisotopic (exact) mass is 396 g/mol. The van der Waals surface area contributed by atoms with Crippen molar-refractivity contribution < 1.29 is 4.79 Å². The van der Waals surface area contributed by atoms with Gasteiger partial charge in [0.15, 0.2) is 0 Å². The maximum atomic E-state index is 12.2. The second-order valence-corrected chi connectivity index (χ2v) is 7.88. The molecule has 124 valence electrons. The quantitative estimate of drug-likeness (QED) is 0.609. The fourth-order valence-electron chi connectivity index (χ4n) is 2.22. The zero-order chi connectivity index (χ0) is 17.1. The third-order valence-electron chi connectivity index (χ3n) is 3.45. The zero-order valence-electron chi connectivity index (χ0n) is 12.8. The van der Waals surface area contributed by atoms with Crippen LogP contribution in [0.15, 0.2) is 41.1 Å². The van der Waals surface area contributed by atoms with E-state index in [1.807, 2.05) is 35.9 Å². The molecular formula is C17H14Cl2N2OS2. The molecular weight excluding hydrogens is 383 g/mol. The summed E-state index contributed by atoms with van der Waals surface area (Å²) in [6, 6.07) is 9.23. The molecule has 1 atom stereocenters. The van der Waals surface area contributed by atoms with Gasteiger partial charge in [0.05, 0.1) is 33.1 Å². The second kappa shape index (κ2) is 7.66. The molecule has 0 aliphatic carbocycles. The number of benzene rings is 1. The number of thiophene rings is 1. The minimum atomic E-state index is -0.150. The molecule has 7 heteroatoms. The molecule has 2 aromatic heterocycles. The van der Waals surface area contributed by atoms with Crippen LogP contribution in [0.4, 0.5) is 0 Å². The molecule has 1 aromatic carbocycles. The minimum absolute atomic E-state index is 0.0726. The van der Waals surface area contributed by atoms with Crippen LogP contribution in [-0.2, 0) is 11.2 Å². The van der Waals surface area contributed by atoms with Gasteiger partial charge in [-0.15, -0.1) is 22.7 Å². The molecule has 0 aliphatic heterocycles. The fourth-order valence-corrected chi connectivity index (χ4v) is 4.16. The highest BCUT2D eigenvalue weighted by atomic mass is 35.5. The summed E-state index contributed by atoms with van der Waals surface area (Å²) in [5, 5.41) is 8.84. The predicted octanol–water partition coefficient (Wildman–Crippen LogP) is 5.60. The number of carbonyl (C=O) groups is 1. The van der Waals surface area contributed by atoms with Crippen LogP contribution >= 0.6 is 45.9 Å². The van der Waals surface area contributed by atoms with E-state index in [-0.39, 0.29) is 18.4 Å². The number of nitrogens with one attached hydrogen (secondary N) is 1. The van der Waals surface area contributed by atoms with Gasteiger partial charge in [-0.05, 0) is 36.1 Å². The van der Waals surface area contributed by atoms with E-state index in [1.165, 1.54) is 0 Å². The van der Waals surface area contributed by atoms with Crippen molar-refractivity contribution in [3.8, 4) is 9.88 Å². The molecule has 0 saturated heterocycles. The second-order valence-electron chi connectivity index (χ2n) is 5.26. The summed E-state index contributed by atoms with van der Waals surface area (Å²) in [4.78, 5) is 17.9. The highest BCUT2D eigenvalue weighted by Gasteiger charge is 2.13. The number of aromatic nitrogens is 1. The third kappa shape index (κ3) is 4.16. The average molecular weight is 397 g/mol. The highest BCUT2D eigenvalue weighted by Crippen LogP contribution is 2.28. The van der Waals surface area contributed by atoms with Gasteiger partial charge in [-0.25, -0.2) is 4.98 Å². The average Bonchev–Trinajstić information content (AvgIpc) is 3.20. The third-order valence-corrected chi connectivity index (χ3v) is 6.12. The molecule has 1 N–H and O–H groups in total. The number of hydrogen-bond acceptors (Lipinski definition) is 4. The molecule has 2 heterocycles. The number of nitrogens with zero attached hydrogens (tertiary/aromatic N) is 1. The van der Waals surface area contributed by atoms with E-state index >= 15 is 0 Å². The number of amides is 1. The van der Waals surface area contributed by atoms with Crippen LogP contribution in [-0.4, -0.2) is 10.9 Å². The van der Waals surface area contributed by atoms with Gasteiger partial charge in [-0.3, -0.25) is 4.79 Å². The molecule has 0 aliphatic rings. The first-order chi connectivity index (χ1) is 11.5. The molecule has 0 bridgehead atoms. The predicted molar refractivity (Wildman–Crippen MR) is 102 cm³/mol. The van der Waals surface area contributed by atoms with Gasteiger partial charge < -0.3 is 5.32 Å². The van der Waals surface area contributed by atoms with Gasteiger partial charge in [-0.1, -0.05) is 35.3 Å². The molecule has 0 radical (unpaired) electrons. The van der Waals surface area contributed by atoms with Gasteiger partial charge in [0.25, 0.3) is 0 Å². The number of hydrogen-bond donors (Lipinski definition) is 1. The highest BCUT2D eigenvalue weighted by molar-refractivity contribution is 7.20. The van der Waals surface area contributed by atoms with E-state index in [1.54, 1.807) is 34.8 Å². The summed E-state index contributed by atoms with van der Waals surface area (Å²) < 4.78 is 0. The first-order valence-corrected chi connectivity index (χ1v) is 9.77. The first-order valence-electron chi connectivity index (χ1n) is 7.25. The van der Waals surface area contributed by atoms with Crippen molar-refractivity contribution in [2.24, 2.45) is 0 Å². The van der Waals surface area contributed by atoms with E-state index in [2.05, 4.69) is 10.3 Å². The Morgan fingerprint density at radius 2 is 2.08 bits per heavy atom. The molecule has 24 heavy (non-hydrogen) atoms. The van der Waals surface area contributed by atoms with Gasteiger partial charge in [0.2, 0.25) is 5.91 Å². The molecule has 3 aromatic rings. The molecule has 3 rings (SSSR count). The molecule has 1 unspecified atom stereocenters. The van der Waals surface area contributed by atoms with Crippen molar-refractivity contribution in [1.82, 2.24) is 10.3 Å². The maximum Gasteiger partial charge on any atom is 0.226 e. The van der Waals surface area contributed by atoms with Crippen molar-refractivity contribution in [3.05, 3.63) is 62.4 Å². The van der Waals surface area contributed by atoms with Crippen LogP contribution in [0, 0.1) is 0 Å². The van der Waals surface area contributed by atoms with Gasteiger partial charge in [0, 0.05) is 5.38 Å². The van der Waals surface area contributed by atoms with E-state index in [9.17, 15) is 4.79 Å². The summed E-state index contributed by atoms with van der Waals surface area (Å²) >= 11 is 15.1. The number of carbonyl (C=O) groups excluding carboxylic acids is 1. The van der Waals surface area contributed by atoms with Gasteiger partial charge >= 0.3 is 0 Å². The van der Waals surface area contributed by atoms with Crippen molar-refractivity contribution in [3.63, 3.8) is 0 Å². The van der Waals surface area contributed by atoms with Crippen molar-refractivity contribution in [1.29, 1.82) is 0 Å². The van der Waals surface area contributed by atoms with E-state index in [0.29, 0.717) is 10.0 Å². The SMILES string of the molecule is CC(NC(=O)Cc1csc(-c2cccs2)n1)c1ccc(Cl)c(Cl)c1. The van der Waals surface area contributed by atoms with Crippen molar-refractivity contribution >= 4 is 51.8 Å². The lowest BCUT2D eigenvalue weighted by Gasteiger charge is -2.14. The summed E-state index contributed by atoms with van der Waals surface area (Å²) in [5.41, 5.74) is 1.69. The maximum absolute atomic E-state index is 12.2. The summed E-state index contributed by atoms with van der Waals surface area (Å²) in [5.74, 6) is -0.0726. The van der Waals surface area contributed by atoms with Crippen molar-refractivity contribution in [2.75, 3.05) is 0 Å². The molecule has 0 saturated carbocycles. The number of halogens is 2. The summed E-state index contributed by atoms with van der Waals surface area (Å²) in [6.45, 7) is 1.91. The Balaban J connectivity index is 1.62. The Bertz CT molecular complexity index is 846. The normalized spacial score (nSPS) is 12.1. The van der Waals surface area contributed by atoms with Gasteiger partial charge in [-0.2, -0.15) is 0 Å². The number of thiazole rings is 1. The minimum Gasteiger partial charge on any atom is -0.349 e. The van der Waals surface area contributed by atoms with Crippen LogP contribution in [0.1, 0.15) is 24.2 Å². The summed E-state index contributed by atoms with van der Waals surface area (Å²) in [6.07, 6.45) is 0.257. The Hall–Kier alpha value is -1.40. The Morgan fingerprint density at radius 3 is 2.79 bits per heavy atom. The Kier molecular flexibility index (Phi) is 5.56. The topological polar surface area (TPSA) is 42.0 Å². The first kappa shape index (κ1) is 17.4. The van der Waals surface area contributed by atoms with Crippen LogP contribution < -0.4 is 5.32 Å². The molecule has 3 nitrogen and oxygen atoms in total. The molecule has 0 spiro atoms. The zero-order valence-corrected chi connectivity index (χ0v) is 15.9. The van der Waals surface area contributed by atoms with Crippen molar-refractivity contribution in [2.45, 2.75) is 19.4 Å². The molecule has 1 amide bonds. The standard InChI is InChI=1S/C17H14Cl2N2OS2/c1-10(11-4-5-13(18)14(19)7-11)20-16(22)8-12-9-24-17(21-12)15-3-2-6-23-15/h2-7,9-10H,8H2,1H3,(H,20,22). The van der Waals surface area contributed by atoms with Crippen LogP contribution in [0.2, 0.25) is 10.0 Å². The lowest BCUT2D eigenvalue weighted by molar-refractivity contribution is -0.121. The van der Waals surface area contributed by atoms with Crippen LogP contribution in [0.3, 0.4) is 0 Å². The van der Waals surface area contributed by atoms with E-state index in [0.717, 1.165) is 21.1 Å². The van der Waals surface area contributed by atoms with E-state index in [4.69, 9.17) is 23.2 Å². The Labute approximate surface area is 158 Å². The van der Waals surface area contributed by atoms with Gasteiger partial charge in [0.1, 0.15) is 5.01 Å². The molecule has 0 fully saturated rings. The fraction of sp³-hybridized carbons (Fsp3) is 0.176.